The summed E-state index contributed by atoms with van der Waals surface area (Å²) in [4.78, 5) is -0.589. The fraction of sp³-hybridized carbons (Fsp3) is 0.167. The maximum absolute atomic E-state index is 13.7. The molecule has 0 aliphatic heterocycles. The van der Waals surface area contributed by atoms with Crippen LogP contribution in [0.2, 0.25) is 0 Å². The second kappa shape index (κ2) is 5.88. The zero-order valence-corrected chi connectivity index (χ0v) is 12.7. The molecule has 0 aliphatic rings. The molecule has 0 bridgehead atoms. The molecule has 2 rings (SSSR count). The Morgan fingerprint density at radius 3 is 2.81 bits per heavy atom. The number of benzene rings is 1. The van der Waals surface area contributed by atoms with Gasteiger partial charge in [-0.05, 0) is 12.1 Å². The van der Waals surface area contributed by atoms with Crippen molar-refractivity contribution in [2.24, 2.45) is 12.8 Å². The molecule has 1 heterocycles. The second-order valence-electron chi connectivity index (χ2n) is 4.32. The molecule has 0 atom stereocenters. The van der Waals surface area contributed by atoms with Gasteiger partial charge in [-0.25, -0.2) is 17.5 Å². The number of nitrogens with one attached hydrogen (secondary N) is 1. The number of aromatic nitrogens is 2. The number of hydrogen-bond acceptors (Lipinski definition) is 4. The van der Waals surface area contributed by atoms with Gasteiger partial charge in [-0.2, -0.15) is 5.10 Å². The first kappa shape index (κ1) is 15.5. The summed E-state index contributed by atoms with van der Waals surface area (Å²) >= 11 is 4.72. The van der Waals surface area contributed by atoms with Crippen molar-refractivity contribution < 1.29 is 12.8 Å². The number of thiocarbonyl (C=S) groups is 1. The van der Waals surface area contributed by atoms with Gasteiger partial charge in [0, 0.05) is 25.4 Å². The molecular weight excluding hydrogens is 315 g/mol. The minimum Gasteiger partial charge on any atom is -0.389 e. The minimum absolute atomic E-state index is 0.0312. The van der Waals surface area contributed by atoms with Gasteiger partial charge in [0.25, 0.3) is 0 Å². The van der Waals surface area contributed by atoms with Crippen LogP contribution in [0.15, 0.2) is 35.5 Å². The van der Waals surface area contributed by atoms with Crippen LogP contribution in [-0.2, 0) is 23.6 Å². The van der Waals surface area contributed by atoms with Gasteiger partial charge in [-0.15, -0.1) is 0 Å². The molecule has 0 saturated heterocycles. The van der Waals surface area contributed by atoms with E-state index in [9.17, 15) is 12.8 Å². The topological polar surface area (TPSA) is 90.0 Å². The summed E-state index contributed by atoms with van der Waals surface area (Å²) in [5.41, 5.74) is 5.80. The molecule has 0 aliphatic carbocycles. The Morgan fingerprint density at radius 1 is 1.52 bits per heavy atom. The highest BCUT2D eigenvalue weighted by molar-refractivity contribution is 7.89. The third-order valence-electron chi connectivity index (χ3n) is 2.74. The van der Waals surface area contributed by atoms with E-state index in [0.29, 0.717) is 5.56 Å². The van der Waals surface area contributed by atoms with E-state index in [1.165, 1.54) is 18.3 Å². The van der Waals surface area contributed by atoms with Crippen LogP contribution >= 0.6 is 12.2 Å². The predicted octanol–water partition coefficient (Wildman–Crippen LogP) is 0.672. The van der Waals surface area contributed by atoms with Crippen LogP contribution in [0.5, 0.6) is 0 Å². The largest absolute Gasteiger partial charge is 0.389 e. The SMILES string of the molecule is Cn1cc(CNS(=O)(=O)c2cccc(F)c2C(N)=S)cn1. The fourth-order valence-electron chi connectivity index (χ4n) is 1.79. The summed E-state index contributed by atoms with van der Waals surface area (Å²) in [6.45, 7) is 0.0312. The smallest absolute Gasteiger partial charge is 0.241 e. The summed E-state index contributed by atoms with van der Waals surface area (Å²) in [7, 11) is -2.22. The summed E-state index contributed by atoms with van der Waals surface area (Å²) < 4.78 is 42.2. The first-order valence-corrected chi connectivity index (χ1v) is 7.76. The Morgan fingerprint density at radius 2 is 2.24 bits per heavy atom. The lowest BCUT2D eigenvalue weighted by Crippen LogP contribution is -2.27. The van der Waals surface area contributed by atoms with E-state index in [0.717, 1.165) is 6.07 Å². The van der Waals surface area contributed by atoms with E-state index in [4.69, 9.17) is 18.0 Å². The van der Waals surface area contributed by atoms with E-state index < -0.39 is 15.8 Å². The number of sulfonamides is 1. The van der Waals surface area contributed by atoms with Crippen molar-refractivity contribution in [3.63, 3.8) is 0 Å². The molecule has 2 aromatic rings. The van der Waals surface area contributed by atoms with Crippen molar-refractivity contribution in [2.45, 2.75) is 11.4 Å². The van der Waals surface area contributed by atoms with Gasteiger partial charge in [0.05, 0.1) is 16.7 Å². The average Bonchev–Trinajstić information content (AvgIpc) is 2.82. The van der Waals surface area contributed by atoms with Crippen LogP contribution in [0.3, 0.4) is 0 Å². The van der Waals surface area contributed by atoms with Gasteiger partial charge < -0.3 is 5.73 Å². The Balaban J connectivity index is 2.32. The predicted molar refractivity (Wildman–Crippen MR) is 79.5 cm³/mol. The lowest BCUT2D eigenvalue weighted by atomic mass is 10.2. The van der Waals surface area contributed by atoms with Crippen molar-refractivity contribution in [3.05, 3.63) is 47.5 Å². The normalized spacial score (nSPS) is 11.5. The number of nitrogens with zero attached hydrogens (tertiary/aromatic N) is 2. The van der Waals surface area contributed by atoms with Gasteiger partial charge in [0.1, 0.15) is 10.8 Å². The van der Waals surface area contributed by atoms with Crippen molar-refractivity contribution in [2.75, 3.05) is 0 Å². The van der Waals surface area contributed by atoms with Gasteiger partial charge in [-0.3, -0.25) is 4.68 Å². The van der Waals surface area contributed by atoms with Crippen molar-refractivity contribution in [1.29, 1.82) is 0 Å². The van der Waals surface area contributed by atoms with E-state index in [2.05, 4.69) is 9.82 Å². The zero-order chi connectivity index (χ0) is 15.6. The van der Waals surface area contributed by atoms with Crippen molar-refractivity contribution in [1.82, 2.24) is 14.5 Å². The maximum atomic E-state index is 13.7. The monoisotopic (exact) mass is 328 g/mol. The molecule has 1 aromatic heterocycles. The highest BCUT2D eigenvalue weighted by atomic mass is 32.2. The van der Waals surface area contributed by atoms with Crippen LogP contribution in [0.25, 0.3) is 0 Å². The molecule has 0 amide bonds. The highest BCUT2D eigenvalue weighted by Crippen LogP contribution is 2.19. The standard InChI is InChI=1S/C12H13FN4O2S2/c1-17-7-8(5-15-17)6-16-21(18,19)10-4-2-3-9(13)11(10)12(14)20/h2-5,7,16H,6H2,1H3,(H2,14,20). The molecule has 0 spiro atoms. The van der Waals surface area contributed by atoms with E-state index in [-0.39, 0.29) is 22.0 Å². The summed E-state index contributed by atoms with van der Waals surface area (Å²) in [6, 6.07) is 3.65. The molecular formula is C12H13FN4O2S2. The summed E-state index contributed by atoms with van der Waals surface area (Å²) in [6.07, 6.45) is 3.20. The minimum atomic E-state index is -3.94. The molecule has 6 nitrogen and oxygen atoms in total. The molecule has 0 fully saturated rings. The van der Waals surface area contributed by atoms with Gasteiger partial charge >= 0.3 is 0 Å². The Bertz CT molecular complexity index is 786. The molecule has 112 valence electrons. The number of aryl methyl sites for hydroxylation is 1. The number of hydrogen-bond donors (Lipinski definition) is 2. The van der Waals surface area contributed by atoms with Gasteiger partial charge in [0.2, 0.25) is 10.0 Å². The lowest BCUT2D eigenvalue weighted by Gasteiger charge is -2.10. The Hall–Kier alpha value is -1.84. The van der Waals surface area contributed by atoms with Crippen LogP contribution in [0.1, 0.15) is 11.1 Å². The van der Waals surface area contributed by atoms with Crippen LogP contribution < -0.4 is 10.5 Å². The average molecular weight is 328 g/mol. The molecule has 9 heteroatoms. The highest BCUT2D eigenvalue weighted by Gasteiger charge is 2.22. The molecule has 0 saturated carbocycles. The van der Waals surface area contributed by atoms with Gasteiger partial charge in [-0.1, -0.05) is 18.3 Å². The van der Waals surface area contributed by atoms with E-state index in [1.807, 2.05) is 0 Å². The van der Waals surface area contributed by atoms with E-state index >= 15 is 0 Å². The Kier molecular flexibility index (Phi) is 4.35. The quantitative estimate of drug-likeness (QED) is 0.788. The van der Waals surface area contributed by atoms with Crippen LogP contribution in [-0.4, -0.2) is 23.2 Å². The lowest BCUT2D eigenvalue weighted by molar-refractivity contribution is 0.576. The van der Waals surface area contributed by atoms with Crippen LogP contribution in [0.4, 0.5) is 4.39 Å². The molecule has 3 N–H and O–H groups in total. The number of nitrogens with two attached hydrogens (primary N) is 1. The maximum Gasteiger partial charge on any atom is 0.241 e. The van der Waals surface area contributed by atoms with Crippen molar-refractivity contribution >= 4 is 27.2 Å². The molecule has 0 unspecified atom stereocenters. The summed E-state index contributed by atoms with van der Waals surface area (Å²) in [5, 5.41) is 3.93. The van der Waals surface area contributed by atoms with Crippen molar-refractivity contribution in [3.8, 4) is 0 Å². The number of halogens is 1. The third-order valence-corrected chi connectivity index (χ3v) is 4.38. The second-order valence-corrected chi connectivity index (χ2v) is 6.50. The first-order chi connectivity index (χ1) is 9.81. The molecule has 1 aromatic carbocycles. The van der Waals surface area contributed by atoms with Crippen LogP contribution in [0, 0.1) is 5.82 Å². The zero-order valence-electron chi connectivity index (χ0n) is 11.1. The summed E-state index contributed by atoms with van der Waals surface area (Å²) in [5.74, 6) is -0.772. The number of rotatable bonds is 5. The van der Waals surface area contributed by atoms with Gasteiger partial charge in [0.15, 0.2) is 0 Å². The fourth-order valence-corrected chi connectivity index (χ4v) is 3.30. The first-order valence-electron chi connectivity index (χ1n) is 5.87. The molecule has 0 radical (unpaired) electrons. The third kappa shape index (κ3) is 3.43. The van der Waals surface area contributed by atoms with E-state index in [1.54, 1.807) is 17.9 Å². The molecule has 21 heavy (non-hydrogen) atoms. The Labute approximate surface area is 126 Å².